The number of hydrogen-bond donors (Lipinski definition) is 0. The summed E-state index contributed by atoms with van der Waals surface area (Å²) < 4.78 is 18.6. The summed E-state index contributed by atoms with van der Waals surface area (Å²) in [6.07, 6.45) is 5.60. The zero-order chi connectivity index (χ0) is 47.4. The molecule has 0 saturated carbocycles. The van der Waals surface area contributed by atoms with Crippen molar-refractivity contribution in [3.05, 3.63) is 236 Å². The Morgan fingerprint density at radius 3 is 1.66 bits per heavy atom. The third-order valence-electron chi connectivity index (χ3n) is 14.2. The Labute approximate surface area is 409 Å². The Kier molecular flexibility index (Phi) is 9.01. The summed E-state index contributed by atoms with van der Waals surface area (Å²) in [6.45, 7) is 6.80. The Morgan fingerprint density at radius 2 is 0.986 bits per heavy atom. The van der Waals surface area contributed by atoms with Crippen LogP contribution in [-0.2, 0) is 5.41 Å². The van der Waals surface area contributed by atoms with E-state index in [9.17, 15) is 0 Å². The normalized spacial score (nSPS) is 12.2. The lowest BCUT2D eigenvalue weighted by molar-refractivity contribution is -0.572. The van der Waals surface area contributed by atoms with Crippen LogP contribution in [0, 0.1) is 6.33 Å². The molecule has 0 aliphatic carbocycles. The van der Waals surface area contributed by atoms with E-state index in [-0.39, 0.29) is 5.41 Å². The molecule has 0 aliphatic heterocycles. The van der Waals surface area contributed by atoms with E-state index in [0.29, 0.717) is 0 Å². The molecule has 0 unspecified atom stereocenters. The van der Waals surface area contributed by atoms with Gasteiger partial charge in [0.1, 0.15) is 17.3 Å². The van der Waals surface area contributed by atoms with E-state index in [0.717, 1.165) is 100 Å². The van der Waals surface area contributed by atoms with Crippen LogP contribution in [0.5, 0.6) is 11.5 Å². The minimum absolute atomic E-state index is 0.117. The van der Waals surface area contributed by atoms with E-state index in [4.69, 9.17) is 9.72 Å². The van der Waals surface area contributed by atoms with Gasteiger partial charge in [0.2, 0.25) is 0 Å². The average Bonchev–Trinajstić information content (AvgIpc) is 4.16. The number of benzene rings is 9. The van der Waals surface area contributed by atoms with Crippen molar-refractivity contribution in [1.29, 1.82) is 0 Å². The third-order valence-corrected chi connectivity index (χ3v) is 14.2. The molecule has 0 bridgehead atoms. The molecule has 7 heteroatoms. The van der Waals surface area contributed by atoms with Crippen LogP contribution in [-0.4, -0.2) is 23.3 Å². The van der Waals surface area contributed by atoms with Crippen LogP contribution in [0.15, 0.2) is 225 Å². The first kappa shape index (κ1) is 40.8. The minimum Gasteiger partial charge on any atom is -0.458 e. The monoisotopic (exact) mass is 914 g/mol. The average molecular weight is 915 g/mol. The Morgan fingerprint density at radius 1 is 0.437 bits per heavy atom. The van der Waals surface area contributed by atoms with Crippen molar-refractivity contribution in [1.82, 2.24) is 23.3 Å². The molecule has 71 heavy (non-hydrogen) atoms. The lowest BCUT2D eigenvalue weighted by Gasteiger charge is -2.20. The molecule has 0 fully saturated rings. The molecule has 0 amide bonds. The molecule has 5 aromatic heterocycles. The molecule has 7 nitrogen and oxygen atoms in total. The number of fused-ring (bicyclic) bond motifs is 13. The lowest BCUT2D eigenvalue weighted by Crippen LogP contribution is -2.29. The van der Waals surface area contributed by atoms with E-state index in [1.807, 2.05) is 18.3 Å². The maximum atomic E-state index is 6.98. The number of nitrogens with zero attached hydrogens (tertiary/aromatic N) is 6. The highest BCUT2D eigenvalue weighted by atomic mass is 16.5. The SMILES string of the molecule is CC(C)(C)c1ccnc(-n2c3cc(Oc4cccc(-[n+]5[c-]n(-c6ccccc6)c6ccccc65)c4)ccc3c3c4c5ccccc5n(-c5ccccc5)c4c4c(c5ccccc5n4-c4ccccc4)c32)c1. The molecular formula is C64H46N6O. The number of hydrogen-bond acceptors (Lipinski definition) is 2. The van der Waals surface area contributed by atoms with Gasteiger partial charge in [-0.1, -0.05) is 142 Å². The standard InChI is InChI=1S/C64H46N6O/c1-64(2,3)42-36-37-65-57(38-42)70-56-40-48(71-47-27-19-26-46(39-47)67-41-66(43-20-7-4-8-21-43)54-32-17-18-33-55(54)67)34-35-51(56)58-59-49-28-13-15-30-52(49)68(44-22-9-5-10-23-44)62(59)63-60(61(58)70)50-29-14-16-31-53(50)69(63)45-24-11-6-12-25-45/h4-40H,1-3H3. The highest BCUT2D eigenvalue weighted by Crippen LogP contribution is 2.50. The quantitative estimate of drug-likeness (QED) is 0.118. The number of ether oxygens (including phenoxy) is 1. The van der Waals surface area contributed by atoms with Crippen LogP contribution < -0.4 is 9.30 Å². The van der Waals surface area contributed by atoms with Crippen molar-refractivity contribution in [3.63, 3.8) is 0 Å². The fourth-order valence-corrected chi connectivity index (χ4v) is 11.0. The van der Waals surface area contributed by atoms with Crippen LogP contribution in [0.4, 0.5) is 0 Å². The van der Waals surface area contributed by atoms with Gasteiger partial charge in [0.15, 0.2) is 0 Å². The Bertz CT molecular complexity index is 4400. The lowest BCUT2D eigenvalue weighted by atomic mass is 9.88. The van der Waals surface area contributed by atoms with Gasteiger partial charge in [-0.2, -0.15) is 0 Å². The van der Waals surface area contributed by atoms with Gasteiger partial charge in [-0.05, 0) is 102 Å². The van der Waals surface area contributed by atoms with Gasteiger partial charge < -0.3 is 13.9 Å². The molecule has 0 aliphatic rings. The molecule has 0 saturated heterocycles. The fourth-order valence-electron chi connectivity index (χ4n) is 11.0. The highest BCUT2D eigenvalue weighted by molar-refractivity contribution is 6.40. The second-order valence-corrected chi connectivity index (χ2v) is 19.4. The minimum atomic E-state index is -0.117. The van der Waals surface area contributed by atoms with Gasteiger partial charge in [-0.15, -0.1) is 0 Å². The van der Waals surface area contributed by atoms with Crippen LogP contribution in [0.2, 0.25) is 0 Å². The molecule has 14 rings (SSSR count). The predicted octanol–water partition coefficient (Wildman–Crippen LogP) is 15.5. The molecule has 0 atom stereocenters. The first-order chi connectivity index (χ1) is 34.9. The van der Waals surface area contributed by atoms with E-state index >= 15 is 0 Å². The highest BCUT2D eigenvalue weighted by Gasteiger charge is 2.30. The predicted molar refractivity (Wildman–Crippen MR) is 290 cm³/mol. The molecule has 0 N–H and O–H groups in total. The number of para-hydroxylation sites is 7. The summed E-state index contributed by atoms with van der Waals surface area (Å²) in [6, 6.07) is 77.4. The molecule has 9 aromatic carbocycles. The summed E-state index contributed by atoms with van der Waals surface area (Å²) in [7, 11) is 0. The number of rotatable bonds is 7. The van der Waals surface area contributed by atoms with Crippen molar-refractivity contribution >= 4 is 76.5 Å². The summed E-state index contributed by atoms with van der Waals surface area (Å²) in [4.78, 5) is 5.25. The number of pyridine rings is 1. The first-order valence-electron chi connectivity index (χ1n) is 24.2. The zero-order valence-corrected chi connectivity index (χ0v) is 39.5. The van der Waals surface area contributed by atoms with Gasteiger partial charge in [-0.25, -0.2) is 4.98 Å². The summed E-state index contributed by atoms with van der Waals surface area (Å²) >= 11 is 0. The van der Waals surface area contributed by atoms with Gasteiger partial charge in [0.25, 0.3) is 6.33 Å². The Hall–Kier alpha value is -9.20. The van der Waals surface area contributed by atoms with E-state index < -0.39 is 0 Å². The maximum absolute atomic E-state index is 6.98. The first-order valence-corrected chi connectivity index (χ1v) is 24.2. The second kappa shape index (κ2) is 15.7. The molecule has 338 valence electrons. The van der Waals surface area contributed by atoms with Crippen LogP contribution in [0.1, 0.15) is 26.3 Å². The zero-order valence-electron chi connectivity index (χ0n) is 39.5. The Balaban J connectivity index is 1.09. The summed E-state index contributed by atoms with van der Waals surface area (Å²) in [5.74, 6) is 2.29. The van der Waals surface area contributed by atoms with Gasteiger partial charge in [0.05, 0.1) is 55.5 Å². The van der Waals surface area contributed by atoms with Crippen molar-refractivity contribution in [2.75, 3.05) is 0 Å². The molecule has 14 aromatic rings. The van der Waals surface area contributed by atoms with Crippen molar-refractivity contribution < 1.29 is 9.30 Å². The summed E-state index contributed by atoms with van der Waals surface area (Å²) in [5, 5.41) is 6.97. The third kappa shape index (κ3) is 6.29. The second-order valence-electron chi connectivity index (χ2n) is 19.4. The van der Waals surface area contributed by atoms with Crippen LogP contribution in [0.25, 0.3) is 105 Å². The van der Waals surface area contributed by atoms with E-state index in [2.05, 4.69) is 256 Å². The van der Waals surface area contributed by atoms with Crippen LogP contribution in [0.3, 0.4) is 0 Å². The smallest absolute Gasteiger partial charge is 0.269 e. The van der Waals surface area contributed by atoms with Crippen LogP contribution >= 0.6 is 0 Å². The van der Waals surface area contributed by atoms with Crippen molar-refractivity contribution in [3.8, 4) is 40.1 Å². The molecule has 0 spiro atoms. The van der Waals surface area contributed by atoms with Gasteiger partial charge in [-0.3, -0.25) is 13.7 Å². The molecule has 0 radical (unpaired) electrons. The van der Waals surface area contributed by atoms with E-state index in [1.54, 1.807) is 0 Å². The summed E-state index contributed by atoms with van der Waals surface area (Å²) in [5.41, 5.74) is 14.0. The number of aromatic nitrogens is 6. The molecular weight excluding hydrogens is 869 g/mol. The van der Waals surface area contributed by atoms with E-state index in [1.165, 1.54) is 21.7 Å². The maximum Gasteiger partial charge on any atom is 0.269 e. The fraction of sp³-hybridized carbons (Fsp3) is 0.0625. The van der Waals surface area contributed by atoms with Gasteiger partial charge >= 0.3 is 0 Å². The molecule has 5 heterocycles. The topological polar surface area (TPSA) is 45.7 Å². The number of imidazole rings is 1. The van der Waals surface area contributed by atoms with Gasteiger partial charge in [0, 0.05) is 56.0 Å². The largest absolute Gasteiger partial charge is 0.458 e. The van der Waals surface area contributed by atoms with Crippen molar-refractivity contribution in [2.24, 2.45) is 0 Å². The van der Waals surface area contributed by atoms with Crippen molar-refractivity contribution in [2.45, 2.75) is 26.2 Å².